The van der Waals surface area contributed by atoms with Gasteiger partial charge in [0.05, 0.1) is 4.90 Å². The third-order valence-electron chi connectivity index (χ3n) is 5.08. The molecule has 4 nitrogen and oxygen atoms in total. The quantitative estimate of drug-likeness (QED) is 0.855. The molecule has 1 saturated carbocycles. The molecule has 3 rings (SSSR count). The maximum atomic E-state index is 12.9. The largest absolute Gasteiger partial charge is 0.399 e. The van der Waals surface area contributed by atoms with E-state index in [1.165, 1.54) is 25.7 Å². The van der Waals surface area contributed by atoms with Gasteiger partial charge in [-0.05, 0) is 49.3 Å². The van der Waals surface area contributed by atoms with Crippen LogP contribution in [0.15, 0.2) is 23.1 Å². The van der Waals surface area contributed by atoms with Crippen molar-refractivity contribution in [3.8, 4) is 0 Å². The summed E-state index contributed by atoms with van der Waals surface area (Å²) in [5, 5.41) is 0. The third kappa shape index (κ3) is 2.81. The van der Waals surface area contributed by atoms with Crippen LogP contribution in [0.2, 0.25) is 0 Å². The molecule has 1 aromatic carbocycles. The summed E-state index contributed by atoms with van der Waals surface area (Å²) in [5.41, 5.74) is 7.06. The second-order valence-corrected chi connectivity index (χ2v) is 8.39. The van der Waals surface area contributed by atoms with Gasteiger partial charge in [0.1, 0.15) is 0 Å². The van der Waals surface area contributed by atoms with E-state index in [0.29, 0.717) is 29.6 Å². The summed E-state index contributed by atoms with van der Waals surface area (Å²) in [6, 6.07) is 5.13. The minimum atomic E-state index is -3.41. The van der Waals surface area contributed by atoms with Gasteiger partial charge in [-0.15, -0.1) is 0 Å². The molecule has 2 aliphatic rings. The number of hydrogen-bond acceptors (Lipinski definition) is 3. The van der Waals surface area contributed by atoms with E-state index in [2.05, 4.69) is 0 Å². The summed E-state index contributed by atoms with van der Waals surface area (Å²) in [6.45, 7) is 3.17. The Balaban J connectivity index is 1.86. The molecule has 1 aliphatic heterocycles. The first-order valence-corrected chi connectivity index (χ1v) is 9.29. The van der Waals surface area contributed by atoms with Crippen LogP contribution < -0.4 is 5.73 Å². The van der Waals surface area contributed by atoms with Crippen molar-refractivity contribution in [1.29, 1.82) is 0 Å². The van der Waals surface area contributed by atoms with Crippen molar-refractivity contribution in [2.24, 2.45) is 11.8 Å². The molecule has 5 heteroatoms. The van der Waals surface area contributed by atoms with Crippen LogP contribution in [0.5, 0.6) is 0 Å². The van der Waals surface area contributed by atoms with Crippen LogP contribution in [0.3, 0.4) is 0 Å². The zero-order valence-corrected chi connectivity index (χ0v) is 13.4. The van der Waals surface area contributed by atoms with Crippen LogP contribution in [0.4, 0.5) is 5.69 Å². The molecule has 0 amide bonds. The van der Waals surface area contributed by atoms with Crippen molar-refractivity contribution < 1.29 is 8.42 Å². The first kappa shape index (κ1) is 14.9. The number of aryl methyl sites for hydroxylation is 1. The Kier molecular flexibility index (Phi) is 3.97. The number of hydrogen-bond donors (Lipinski definition) is 1. The Hall–Kier alpha value is -1.07. The van der Waals surface area contributed by atoms with Crippen LogP contribution in [-0.2, 0) is 10.0 Å². The smallest absolute Gasteiger partial charge is 0.243 e. The van der Waals surface area contributed by atoms with E-state index in [4.69, 9.17) is 5.73 Å². The minimum absolute atomic E-state index is 0.372. The molecule has 2 unspecified atom stereocenters. The van der Waals surface area contributed by atoms with Crippen molar-refractivity contribution >= 4 is 15.7 Å². The molecule has 1 aliphatic carbocycles. The van der Waals surface area contributed by atoms with Crippen molar-refractivity contribution in [2.45, 2.75) is 43.9 Å². The van der Waals surface area contributed by atoms with Crippen molar-refractivity contribution in [2.75, 3.05) is 18.8 Å². The number of piperidine rings is 1. The molecule has 1 saturated heterocycles. The molecular formula is C16H24N2O2S. The topological polar surface area (TPSA) is 63.4 Å². The fraction of sp³-hybridized carbons (Fsp3) is 0.625. The fourth-order valence-corrected chi connectivity index (χ4v) is 5.59. The highest BCUT2D eigenvalue weighted by Crippen LogP contribution is 2.38. The molecular weight excluding hydrogens is 284 g/mol. The average molecular weight is 308 g/mol. The van der Waals surface area contributed by atoms with Gasteiger partial charge >= 0.3 is 0 Å². The molecule has 2 N–H and O–H groups in total. The van der Waals surface area contributed by atoms with Gasteiger partial charge < -0.3 is 5.73 Å². The summed E-state index contributed by atoms with van der Waals surface area (Å²) in [6.07, 6.45) is 6.00. The monoisotopic (exact) mass is 308 g/mol. The van der Waals surface area contributed by atoms with E-state index in [1.807, 2.05) is 6.92 Å². The Labute approximate surface area is 127 Å². The molecule has 2 atom stereocenters. The lowest BCUT2D eigenvalue weighted by molar-refractivity contribution is 0.136. The van der Waals surface area contributed by atoms with E-state index < -0.39 is 10.0 Å². The molecule has 1 aromatic rings. The van der Waals surface area contributed by atoms with Crippen molar-refractivity contribution in [3.05, 3.63) is 23.8 Å². The maximum absolute atomic E-state index is 12.9. The van der Waals surface area contributed by atoms with Crippen LogP contribution in [0, 0.1) is 18.8 Å². The SMILES string of the molecule is Cc1ccc(N)cc1S(=O)(=O)N1CCC2CCCCC2C1. The fourth-order valence-electron chi connectivity index (χ4n) is 3.82. The maximum Gasteiger partial charge on any atom is 0.243 e. The zero-order valence-electron chi connectivity index (χ0n) is 12.6. The van der Waals surface area contributed by atoms with E-state index in [-0.39, 0.29) is 0 Å². The lowest BCUT2D eigenvalue weighted by Crippen LogP contribution is -2.44. The van der Waals surface area contributed by atoms with Gasteiger partial charge in [-0.3, -0.25) is 0 Å². The van der Waals surface area contributed by atoms with Gasteiger partial charge in [0.15, 0.2) is 0 Å². The third-order valence-corrected chi connectivity index (χ3v) is 7.09. The lowest BCUT2D eigenvalue weighted by Gasteiger charge is -2.40. The number of nitrogens with two attached hydrogens (primary N) is 1. The van der Waals surface area contributed by atoms with E-state index in [1.54, 1.807) is 22.5 Å². The van der Waals surface area contributed by atoms with Crippen LogP contribution in [0.25, 0.3) is 0 Å². The molecule has 116 valence electrons. The van der Waals surface area contributed by atoms with Crippen molar-refractivity contribution in [3.63, 3.8) is 0 Å². The van der Waals surface area contributed by atoms with E-state index in [9.17, 15) is 8.42 Å². The number of nitrogen functional groups attached to an aromatic ring is 1. The molecule has 0 bridgehead atoms. The van der Waals surface area contributed by atoms with Crippen LogP contribution >= 0.6 is 0 Å². The number of anilines is 1. The van der Waals surface area contributed by atoms with Crippen LogP contribution in [0.1, 0.15) is 37.7 Å². The van der Waals surface area contributed by atoms with Gasteiger partial charge in [0.25, 0.3) is 0 Å². The average Bonchev–Trinajstić information content (AvgIpc) is 2.49. The summed E-state index contributed by atoms with van der Waals surface area (Å²) < 4.78 is 27.5. The number of nitrogens with zero attached hydrogens (tertiary/aromatic N) is 1. The van der Waals surface area contributed by atoms with Gasteiger partial charge in [-0.25, -0.2) is 8.42 Å². The van der Waals surface area contributed by atoms with Gasteiger partial charge in [-0.2, -0.15) is 4.31 Å². The van der Waals surface area contributed by atoms with Gasteiger partial charge in [0.2, 0.25) is 10.0 Å². The Morgan fingerprint density at radius 3 is 2.62 bits per heavy atom. The highest BCUT2D eigenvalue weighted by Gasteiger charge is 2.36. The Morgan fingerprint density at radius 2 is 1.86 bits per heavy atom. The predicted molar refractivity (Wildman–Crippen MR) is 84.4 cm³/mol. The normalized spacial score (nSPS) is 27.3. The number of sulfonamides is 1. The van der Waals surface area contributed by atoms with Crippen molar-refractivity contribution in [1.82, 2.24) is 4.31 Å². The molecule has 2 fully saturated rings. The van der Waals surface area contributed by atoms with E-state index in [0.717, 1.165) is 17.9 Å². The first-order valence-electron chi connectivity index (χ1n) is 7.85. The number of rotatable bonds is 2. The Morgan fingerprint density at radius 1 is 1.14 bits per heavy atom. The zero-order chi connectivity index (χ0) is 15.0. The predicted octanol–water partition coefficient (Wildman–Crippen LogP) is 2.78. The highest BCUT2D eigenvalue weighted by molar-refractivity contribution is 7.89. The summed E-state index contributed by atoms with van der Waals surface area (Å²) in [5.74, 6) is 1.27. The second kappa shape index (κ2) is 5.61. The lowest BCUT2D eigenvalue weighted by atomic mass is 9.76. The van der Waals surface area contributed by atoms with Gasteiger partial charge in [-0.1, -0.05) is 25.3 Å². The molecule has 0 aromatic heterocycles. The van der Waals surface area contributed by atoms with E-state index >= 15 is 0 Å². The highest BCUT2D eigenvalue weighted by atomic mass is 32.2. The Bertz CT molecular complexity index is 627. The van der Waals surface area contributed by atoms with Gasteiger partial charge in [0, 0.05) is 18.8 Å². The number of fused-ring (bicyclic) bond motifs is 1. The second-order valence-electron chi connectivity index (χ2n) is 6.48. The summed E-state index contributed by atoms with van der Waals surface area (Å²) >= 11 is 0. The molecule has 21 heavy (non-hydrogen) atoms. The minimum Gasteiger partial charge on any atom is -0.399 e. The number of benzene rings is 1. The summed E-state index contributed by atoms with van der Waals surface area (Å²) in [4.78, 5) is 0.372. The van der Waals surface area contributed by atoms with Crippen LogP contribution in [-0.4, -0.2) is 25.8 Å². The molecule has 0 spiro atoms. The molecule has 1 heterocycles. The standard InChI is InChI=1S/C16H24N2O2S/c1-12-6-7-15(17)10-16(12)21(19,20)18-9-8-13-4-2-3-5-14(13)11-18/h6-7,10,13-14H,2-5,8-9,11,17H2,1H3. The molecule has 0 radical (unpaired) electrons. The summed E-state index contributed by atoms with van der Waals surface area (Å²) in [7, 11) is -3.41. The first-order chi connectivity index (χ1) is 9.98.